The van der Waals surface area contributed by atoms with Gasteiger partial charge in [0.2, 0.25) is 0 Å². The monoisotopic (exact) mass is 297 g/mol. The maximum Gasteiger partial charge on any atom is 0.282 e. The molecule has 0 aliphatic carbocycles. The van der Waals surface area contributed by atoms with E-state index in [4.69, 9.17) is 4.74 Å². The molecular formula is C14H23N3O2S. The van der Waals surface area contributed by atoms with Crippen molar-refractivity contribution in [1.29, 1.82) is 0 Å². The van der Waals surface area contributed by atoms with Gasteiger partial charge < -0.3 is 9.64 Å². The number of rotatable bonds is 5. The van der Waals surface area contributed by atoms with E-state index >= 15 is 0 Å². The zero-order valence-electron chi connectivity index (χ0n) is 12.5. The number of ether oxygens (including phenoxy) is 1. The molecule has 0 saturated carbocycles. The zero-order valence-corrected chi connectivity index (χ0v) is 13.3. The van der Waals surface area contributed by atoms with Gasteiger partial charge in [0, 0.05) is 38.6 Å². The van der Waals surface area contributed by atoms with Gasteiger partial charge in [-0.2, -0.15) is 0 Å². The average molecular weight is 297 g/mol. The molecule has 1 saturated heterocycles. The van der Waals surface area contributed by atoms with Crippen molar-refractivity contribution in [2.24, 2.45) is 0 Å². The molecule has 1 amide bonds. The van der Waals surface area contributed by atoms with E-state index in [0.717, 1.165) is 45.1 Å². The summed E-state index contributed by atoms with van der Waals surface area (Å²) in [7, 11) is 1.85. The first kappa shape index (κ1) is 15.4. The van der Waals surface area contributed by atoms with Gasteiger partial charge in [-0.1, -0.05) is 13.8 Å². The van der Waals surface area contributed by atoms with Gasteiger partial charge in [-0.25, -0.2) is 4.98 Å². The molecule has 1 aliphatic heterocycles. The Balaban J connectivity index is 1.84. The minimum absolute atomic E-state index is 0.0233. The Morgan fingerprint density at radius 3 is 2.80 bits per heavy atom. The van der Waals surface area contributed by atoms with E-state index in [-0.39, 0.29) is 5.91 Å². The summed E-state index contributed by atoms with van der Waals surface area (Å²) in [5.74, 6) is 0.390. The second-order valence-electron chi connectivity index (χ2n) is 5.41. The van der Waals surface area contributed by atoms with Crippen LogP contribution in [0.1, 0.15) is 35.3 Å². The predicted octanol–water partition coefficient (Wildman–Crippen LogP) is 1.67. The van der Waals surface area contributed by atoms with Crippen LogP contribution in [0, 0.1) is 0 Å². The quantitative estimate of drug-likeness (QED) is 0.829. The van der Waals surface area contributed by atoms with Crippen LogP contribution < -0.4 is 0 Å². The van der Waals surface area contributed by atoms with Gasteiger partial charge >= 0.3 is 0 Å². The maximum atomic E-state index is 12.3. The first-order valence-electron chi connectivity index (χ1n) is 7.09. The van der Waals surface area contributed by atoms with Crippen LogP contribution in [0.4, 0.5) is 0 Å². The summed E-state index contributed by atoms with van der Waals surface area (Å²) in [6.07, 6.45) is 0. The lowest BCUT2D eigenvalue weighted by atomic mass is 10.2. The molecule has 0 atom stereocenters. The molecule has 1 fully saturated rings. The Morgan fingerprint density at radius 1 is 1.50 bits per heavy atom. The number of carbonyl (C=O) groups excluding carboxylic acids is 1. The lowest BCUT2D eigenvalue weighted by Crippen LogP contribution is -2.41. The molecule has 0 N–H and O–H groups in total. The summed E-state index contributed by atoms with van der Waals surface area (Å²) in [5, 5.41) is 2.58. The molecule has 2 rings (SSSR count). The summed E-state index contributed by atoms with van der Waals surface area (Å²) in [6, 6.07) is 0. The summed E-state index contributed by atoms with van der Waals surface area (Å²) < 4.78 is 5.32. The number of hydrogen-bond donors (Lipinski definition) is 0. The number of morpholine rings is 1. The Bertz CT molecular complexity index is 441. The second kappa shape index (κ2) is 7.15. The van der Waals surface area contributed by atoms with E-state index < -0.39 is 0 Å². The summed E-state index contributed by atoms with van der Waals surface area (Å²) in [4.78, 5) is 20.8. The third kappa shape index (κ3) is 4.01. The predicted molar refractivity (Wildman–Crippen MR) is 80.4 cm³/mol. The molecule has 1 aromatic heterocycles. The first-order chi connectivity index (χ1) is 9.58. The molecular weight excluding hydrogens is 274 g/mol. The van der Waals surface area contributed by atoms with Crippen LogP contribution in [0.25, 0.3) is 0 Å². The molecule has 0 unspecified atom stereocenters. The van der Waals surface area contributed by atoms with Gasteiger partial charge in [-0.3, -0.25) is 9.69 Å². The fraction of sp³-hybridized carbons (Fsp3) is 0.714. The van der Waals surface area contributed by atoms with Crippen molar-refractivity contribution < 1.29 is 9.53 Å². The van der Waals surface area contributed by atoms with Gasteiger partial charge in [-0.15, -0.1) is 11.3 Å². The standard InChI is InChI=1S/C14H23N3O2S/c1-11(2)12-10-20-13(15-12)14(18)16(3)4-5-17-6-8-19-9-7-17/h10-11H,4-9H2,1-3H3. The largest absolute Gasteiger partial charge is 0.379 e. The van der Waals surface area contributed by atoms with Crippen molar-refractivity contribution in [1.82, 2.24) is 14.8 Å². The smallest absolute Gasteiger partial charge is 0.282 e. The van der Waals surface area contributed by atoms with Crippen LogP contribution in [0.3, 0.4) is 0 Å². The van der Waals surface area contributed by atoms with E-state index in [1.54, 1.807) is 4.90 Å². The first-order valence-corrected chi connectivity index (χ1v) is 7.97. The number of carbonyl (C=O) groups is 1. The number of amides is 1. The molecule has 1 aliphatic rings. The minimum atomic E-state index is 0.0233. The molecule has 0 aromatic carbocycles. The van der Waals surface area contributed by atoms with Crippen molar-refractivity contribution >= 4 is 17.2 Å². The van der Waals surface area contributed by atoms with Crippen LogP contribution >= 0.6 is 11.3 Å². The topological polar surface area (TPSA) is 45.7 Å². The molecule has 20 heavy (non-hydrogen) atoms. The molecule has 2 heterocycles. The third-order valence-electron chi connectivity index (χ3n) is 3.50. The SMILES string of the molecule is CC(C)c1csc(C(=O)N(C)CCN2CCOCC2)n1. The molecule has 0 radical (unpaired) electrons. The average Bonchev–Trinajstić information content (AvgIpc) is 2.95. The zero-order chi connectivity index (χ0) is 14.5. The lowest BCUT2D eigenvalue weighted by Gasteiger charge is -2.28. The second-order valence-corrected chi connectivity index (χ2v) is 6.27. The van der Waals surface area contributed by atoms with Gasteiger partial charge in [-0.05, 0) is 5.92 Å². The molecule has 1 aromatic rings. The van der Waals surface area contributed by atoms with Crippen LogP contribution in [-0.4, -0.2) is 67.1 Å². The number of hydrogen-bond acceptors (Lipinski definition) is 5. The van der Waals surface area contributed by atoms with Gasteiger partial charge in [0.1, 0.15) is 0 Å². The Labute approximate surface area is 124 Å². The number of likely N-dealkylation sites (N-methyl/N-ethyl adjacent to an activating group) is 1. The molecule has 112 valence electrons. The van der Waals surface area contributed by atoms with E-state index in [0.29, 0.717) is 10.9 Å². The number of nitrogens with zero attached hydrogens (tertiary/aromatic N) is 3. The Kier molecular flexibility index (Phi) is 5.51. The fourth-order valence-corrected chi connectivity index (χ4v) is 3.00. The summed E-state index contributed by atoms with van der Waals surface area (Å²) in [5.41, 5.74) is 1.000. The van der Waals surface area contributed by atoms with E-state index in [1.807, 2.05) is 12.4 Å². The highest BCUT2D eigenvalue weighted by Gasteiger charge is 2.18. The van der Waals surface area contributed by atoms with Gasteiger partial charge in [0.25, 0.3) is 5.91 Å². The minimum Gasteiger partial charge on any atom is -0.379 e. The van der Waals surface area contributed by atoms with Gasteiger partial charge in [0.15, 0.2) is 5.01 Å². The van der Waals surface area contributed by atoms with Crippen LogP contribution in [0.2, 0.25) is 0 Å². The maximum absolute atomic E-state index is 12.3. The molecule has 0 bridgehead atoms. The Morgan fingerprint density at radius 2 is 2.20 bits per heavy atom. The normalized spacial score (nSPS) is 16.6. The van der Waals surface area contributed by atoms with Crippen molar-refractivity contribution in [2.45, 2.75) is 19.8 Å². The van der Waals surface area contributed by atoms with Crippen molar-refractivity contribution in [3.05, 3.63) is 16.1 Å². The highest BCUT2D eigenvalue weighted by atomic mass is 32.1. The van der Waals surface area contributed by atoms with Crippen LogP contribution in [0.5, 0.6) is 0 Å². The van der Waals surface area contributed by atoms with Crippen molar-refractivity contribution in [3.8, 4) is 0 Å². The van der Waals surface area contributed by atoms with Crippen molar-refractivity contribution in [3.63, 3.8) is 0 Å². The number of aromatic nitrogens is 1. The Hall–Kier alpha value is -0.980. The van der Waals surface area contributed by atoms with E-state index in [1.165, 1.54) is 11.3 Å². The van der Waals surface area contributed by atoms with Crippen LogP contribution in [0.15, 0.2) is 5.38 Å². The highest BCUT2D eigenvalue weighted by Crippen LogP contribution is 2.18. The van der Waals surface area contributed by atoms with Crippen molar-refractivity contribution in [2.75, 3.05) is 46.4 Å². The van der Waals surface area contributed by atoms with E-state index in [2.05, 4.69) is 23.7 Å². The molecule has 6 heteroatoms. The molecule has 5 nitrogen and oxygen atoms in total. The lowest BCUT2D eigenvalue weighted by molar-refractivity contribution is 0.0338. The summed E-state index contributed by atoms with van der Waals surface area (Å²) >= 11 is 1.44. The van der Waals surface area contributed by atoms with E-state index in [9.17, 15) is 4.79 Å². The molecule has 0 spiro atoms. The highest BCUT2D eigenvalue weighted by molar-refractivity contribution is 7.11. The van der Waals surface area contributed by atoms with Crippen LogP contribution in [-0.2, 0) is 4.74 Å². The van der Waals surface area contributed by atoms with Gasteiger partial charge in [0.05, 0.1) is 18.9 Å². The summed E-state index contributed by atoms with van der Waals surface area (Å²) in [6.45, 7) is 9.30. The fourth-order valence-electron chi connectivity index (χ4n) is 2.03. The number of thiazole rings is 1. The third-order valence-corrected chi connectivity index (χ3v) is 4.35.